The molecule has 0 saturated heterocycles. The van der Waals surface area contributed by atoms with Crippen molar-refractivity contribution in [2.75, 3.05) is 0 Å². The number of hydrogen-bond acceptors (Lipinski definition) is 4. The van der Waals surface area contributed by atoms with Gasteiger partial charge in [-0.1, -0.05) is 23.7 Å². The van der Waals surface area contributed by atoms with Gasteiger partial charge in [0.1, 0.15) is 23.1 Å². The van der Waals surface area contributed by atoms with Gasteiger partial charge in [-0.3, -0.25) is 0 Å². The molecular weight excluding hydrogens is 350 g/mol. The molecule has 0 fully saturated rings. The summed E-state index contributed by atoms with van der Waals surface area (Å²) in [6.07, 6.45) is 0. The monoisotopic (exact) mass is 369 g/mol. The first-order valence-corrected chi connectivity index (χ1v) is 8.69. The highest BCUT2D eigenvalue weighted by Gasteiger charge is 2.18. The molecule has 0 radical (unpaired) electrons. The summed E-state index contributed by atoms with van der Waals surface area (Å²) in [5, 5.41) is 1.42. The Morgan fingerprint density at radius 2 is 1.88 bits per heavy atom. The van der Waals surface area contributed by atoms with Gasteiger partial charge in [0.25, 0.3) is 0 Å². The number of halogens is 1. The highest BCUT2D eigenvalue weighted by molar-refractivity contribution is 6.29. The van der Waals surface area contributed by atoms with Crippen molar-refractivity contribution in [2.24, 2.45) is 0 Å². The van der Waals surface area contributed by atoms with Gasteiger partial charge in [0.05, 0.1) is 11.1 Å². The van der Waals surface area contributed by atoms with Crippen molar-refractivity contribution in [3.63, 3.8) is 0 Å². The highest BCUT2D eigenvalue weighted by Crippen LogP contribution is 2.22. The Hall–Kier alpha value is -2.59. The van der Waals surface area contributed by atoms with Gasteiger partial charge in [-0.2, -0.15) is 0 Å². The van der Waals surface area contributed by atoms with Crippen molar-refractivity contribution >= 4 is 28.5 Å². The molecule has 2 aromatic carbocycles. The Morgan fingerprint density at radius 3 is 2.65 bits per heavy atom. The number of pyridine rings is 1. The van der Waals surface area contributed by atoms with Crippen molar-refractivity contribution in [1.82, 2.24) is 4.98 Å². The zero-order chi connectivity index (χ0) is 18.7. The summed E-state index contributed by atoms with van der Waals surface area (Å²) < 4.78 is 11.3. The Kier molecular flexibility index (Phi) is 5.14. The fourth-order valence-electron chi connectivity index (χ4n) is 2.46. The third-order valence-corrected chi connectivity index (χ3v) is 3.80. The molecule has 0 aliphatic rings. The van der Waals surface area contributed by atoms with Crippen LogP contribution in [0.4, 0.5) is 0 Å². The average Bonchev–Trinajstić information content (AvgIpc) is 2.58. The molecule has 5 heteroatoms. The number of ether oxygens (including phenoxy) is 2. The van der Waals surface area contributed by atoms with E-state index in [1.807, 2.05) is 57.2 Å². The minimum absolute atomic E-state index is 0.340. The molecule has 0 bridgehead atoms. The van der Waals surface area contributed by atoms with Gasteiger partial charge >= 0.3 is 5.97 Å². The number of aromatic nitrogens is 1. The second-order valence-electron chi connectivity index (χ2n) is 6.98. The fourth-order valence-corrected chi connectivity index (χ4v) is 2.61. The largest absolute Gasteiger partial charge is 0.489 e. The normalized spacial score (nSPS) is 11.4. The van der Waals surface area contributed by atoms with Crippen molar-refractivity contribution < 1.29 is 14.3 Å². The highest BCUT2D eigenvalue weighted by atomic mass is 35.5. The van der Waals surface area contributed by atoms with Gasteiger partial charge in [0.2, 0.25) is 0 Å². The first-order chi connectivity index (χ1) is 12.3. The Labute approximate surface area is 157 Å². The van der Waals surface area contributed by atoms with Gasteiger partial charge in [-0.15, -0.1) is 0 Å². The lowest BCUT2D eigenvalue weighted by Crippen LogP contribution is -2.23. The number of nitrogens with zero attached hydrogens (tertiary/aromatic N) is 1. The summed E-state index contributed by atoms with van der Waals surface area (Å²) in [6.45, 7) is 5.89. The van der Waals surface area contributed by atoms with E-state index >= 15 is 0 Å². The maximum Gasteiger partial charge on any atom is 0.338 e. The van der Waals surface area contributed by atoms with Crippen molar-refractivity contribution in [2.45, 2.75) is 33.0 Å². The lowest BCUT2D eigenvalue weighted by molar-refractivity contribution is 0.00693. The number of rotatable bonds is 4. The van der Waals surface area contributed by atoms with Crippen LogP contribution in [-0.2, 0) is 11.3 Å². The van der Waals surface area contributed by atoms with Crippen LogP contribution >= 0.6 is 11.6 Å². The first-order valence-electron chi connectivity index (χ1n) is 8.32. The van der Waals surface area contributed by atoms with Crippen LogP contribution in [0.3, 0.4) is 0 Å². The summed E-state index contributed by atoms with van der Waals surface area (Å²) in [7, 11) is 0. The van der Waals surface area contributed by atoms with E-state index in [4.69, 9.17) is 21.1 Å². The van der Waals surface area contributed by atoms with Crippen molar-refractivity contribution in [3.8, 4) is 5.75 Å². The van der Waals surface area contributed by atoms with E-state index in [-0.39, 0.29) is 5.97 Å². The summed E-state index contributed by atoms with van der Waals surface area (Å²) in [5.41, 5.74) is 1.70. The van der Waals surface area contributed by atoms with Crippen LogP contribution in [0.15, 0.2) is 54.6 Å². The van der Waals surface area contributed by atoms with E-state index in [0.717, 1.165) is 22.2 Å². The van der Waals surface area contributed by atoms with Gasteiger partial charge in [0.15, 0.2) is 0 Å². The van der Waals surface area contributed by atoms with Gasteiger partial charge < -0.3 is 9.47 Å². The summed E-state index contributed by atoms with van der Waals surface area (Å²) >= 11 is 5.90. The summed E-state index contributed by atoms with van der Waals surface area (Å²) in [6, 6.07) is 16.5. The Bertz CT molecular complexity index is 947. The van der Waals surface area contributed by atoms with Crippen LogP contribution < -0.4 is 4.74 Å². The molecule has 26 heavy (non-hydrogen) atoms. The number of fused-ring (bicyclic) bond motifs is 1. The molecule has 1 heterocycles. The minimum Gasteiger partial charge on any atom is -0.489 e. The molecule has 0 unspecified atom stereocenters. The van der Waals surface area contributed by atoms with Crippen LogP contribution in [0.25, 0.3) is 10.9 Å². The molecule has 3 rings (SSSR count). The number of benzene rings is 2. The molecule has 0 saturated carbocycles. The SMILES string of the molecule is CC(C)(C)OC(=O)c1cccc(COc2ccc3nc(Cl)ccc3c2)c1. The van der Waals surface area contributed by atoms with E-state index in [1.165, 1.54) is 0 Å². The molecule has 0 aliphatic heterocycles. The summed E-state index contributed by atoms with van der Waals surface area (Å²) in [5.74, 6) is 0.386. The minimum atomic E-state index is -0.522. The zero-order valence-electron chi connectivity index (χ0n) is 15.0. The fraction of sp³-hybridized carbons (Fsp3) is 0.238. The molecule has 0 amide bonds. The van der Waals surface area contributed by atoms with Crippen LogP contribution in [-0.4, -0.2) is 16.6 Å². The first kappa shape index (κ1) is 18.2. The van der Waals surface area contributed by atoms with Crippen LogP contribution in [0.2, 0.25) is 5.15 Å². The third-order valence-electron chi connectivity index (χ3n) is 3.59. The quantitative estimate of drug-likeness (QED) is 0.455. The number of esters is 1. The molecule has 0 aliphatic carbocycles. The van der Waals surface area contributed by atoms with Gasteiger partial charge in [0, 0.05) is 5.39 Å². The van der Waals surface area contributed by atoms with Crippen molar-refractivity contribution in [3.05, 3.63) is 70.9 Å². The maximum atomic E-state index is 12.2. The number of carbonyl (C=O) groups excluding carboxylic acids is 1. The molecular formula is C21H20ClNO3. The predicted molar refractivity (Wildman–Crippen MR) is 103 cm³/mol. The van der Waals surface area contributed by atoms with Crippen molar-refractivity contribution in [1.29, 1.82) is 0 Å². The molecule has 1 aromatic heterocycles. The smallest absolute Gasteiger partial charge is 0.338 e. The standard InChI is InChI=1S/C21H20ClNO3/c1-21(2,3)26-20(24)16-6-4-5-14(11-16)13-25-17-8-9-18-15(12-17)7-10-19(22)23-18/h4-12H,13H2,1-3H3. The maximum absolute atomic E-state index is 12.2. The third kappa shape index (κ3) is 4.73. The van der Waals surface area contributed by atoms with E-state index in [9.17, 15) is 4.79 Å². The zero-order valence-corrected chi connectivity index (χ0v) is 15.7. The van der Waals surface area contributed by atoms with E-state index < -0.39 is 5.60 Å². The van der Waals surface area contributed by atoms with E-state index in [2.05, 4.69) is 4.98 Å². The predicted octanol–water partition coefficient (Wildman–Crippen LogP) is 5.42. The molecule has 0 spiro atoms. The van der Waals surface area contributed by atoms with Crippen LogP contribution in [0, 0.1) is 0 Å². The summed E-state index contributed by atoms with van der Waals surface area (Å²) in [4.78, 5) is 16.4. The van der Waals surface area contributed by atoms with Gasteiger partial charge in [-0.25, -0.2) is 9.78 Å². The van der Waals surface area contributed by atoms with E-state index in [1.54, 1.807) is 18.2 Å². The second-order valence-corrected chi connectivity index (χ2v) is 7.37. The number of hydrogen-bond donors (Lipinski definition) is 0. The van der Waals surface area contributed by atoms with Crippen LogP contribution in [0.5, 0.6) is 5.75 Å². The second kappa shape index (κ2) is 7.34. The average molecular weight is 370 g/mol. The Balaban J connectivity index is 1.71. The molecule has 134 valence electrons. The molecule has 4 nitrogen and oxygen atoms in total. The lowest BCUT2D eigenvalue weighted by atomic mass is 10.1. The molecule has 0 N–H and O–H groups in total. The molecule has 3 aromatic rings. The number of carbonyl (C=O) groups is 1. The van der Waals surface area contributed by atoms with E-state index in [0.29, 0.717) is 17.3 Å². The molecule has 0 atom stereocenters. The topological polar surface area (TPSA) is 48.4 Å². The Morgan fingerprint density at radius 1 is 1.08 bits per heavy atom. The van der Waals surface area contributed by atoms with Crippen LogP contribution in [0.1, 0.15) is 36.7 Å². The lowest BCUT2D eigenvalue weighted by Gasteiger charge is -2.19. The van der Waals surface area contributed by atoms with Gasteiger partial charge in [-0.05, 0) is 68.8 Å².